The minimum atomic E-state index is -1.18. The molecule has 0 saturated heterocycles. The number of rotatable bonds is 5. The van der Waals surface area contributed by atoms with Crippen LogP contribution in [-0.4, -0.2) is 11.5 Å². The van der Waals surface area contributed by atoms with E-state index in [1.165, 1.54) is 0 Å². The van der Waals surface area contributed by atoms with Gasteiger partial charge >= 0.3 is 5.69 Å². The lowest BCUT2D eigenvalue weighted by molar-refractivity contribution is -0.386. The molecule has 0 heterocycles. The Hall–Kier alpha value is -2.50. The lowest BCUT2D eigenvalue weighted by Gasteiger charge is -2.09. The number of anilines is 1. The second-order valence-electron chi connectivity index (χ2n) is 4.64. The first kappa shape index (κ1) is 14.9. The summed E-state index contributed by atoms with van der Waals surface area (Å²) < 4.78 is 26.6. The van der Waals surface area contributed by atoms with Crippen molar-refractivity contribution in [3.05, 3.63) is 69.3 Å². The fourth-order valence-electron chi connectivity index (χ4n) is 2.11. The van der Waals surface area contributed by atoms with Crippen LogP contribution in [0.5, 0.6) is 0 Å². The fraction of sp³-hybridized carbons (Fsp3) is 0.200. The molecule has 0 aromatic heterocycles. The van der Waals surface area contributed by atoms with E-state index >= 15 is 0 Å². The SMILES string of the molecule is Cc1ccccc1CCNc1cc(F)cc(F)c1[N+](=O)[O-]. The molecular weight excluding hydrogens is 278 g/mol. The number of nitro benzene ring substituents is 1. The third-order valence-electron chi connectivity index (χ3n) is 3.18. The summed E-state index contributed by atoms with van der Waals surface area (Å²) in [5, 5.41) is 13.6. The van der Waals surface area contributed by atoms with Gasteiger partial charge < -0.3 is 5.32 Å². The molecule has 110 valence electrons. The lowest BCUT2D eigenvalue weighted by Crippen LogP contribution is -2.09. The van der Waals surface area contributed by atoms with Crippen molar-refractivity contribution in [1.29, 1.82) is 0 Å². The first-order chi connectivity index (χ1) is 9.99. The number of hydrogen-bond acceptors (Lipinski definition) is 3. The molecule has 0 fully saturated rings. The van der Waals surface area contributed by atoms with E-state index in [0.717, 1.165) is 17.2 Å². The Kier molecular flexibility index (Phi) is 4.47. The van der Waals surface area contributed by atoms with Gasteiger partial charge in [0, 0.05) is 18.7 Å². The van der Waals surface area contributed by atoms with Crippen molar-refractivity contribution in [1.82, 2.24) is 0 Å². The first-order valence-corrected chi connectivity index (χ1v) is 6.41. The molecule has 0 atom stereocenters. The van der Waals surface area contributed by atoms with Gasteiger partial charge in [0.05, 0.1) is 4.92 Å². The zero-order chi connectivity index (χ0) is 15.4. The largest absolute Gasteiger partial charge is 0.379 e. The summed E-state index contributed by atoms with van der Waals surface area (Å²) in [6, 6.07) is 9.15. The number of halogens is 2. The van der Waals surface area contributed by atoms with Crippen LogP contribution in [0.15, 0.2) is 36.4 Å². The third-order valence-corrected chi connectivity index (χ3v) is 3.18. The van der Waals surface area contributed by atoms with Crippen LogP contribution >= 0.6 is 0 Å². The Bertz CT molecular complexity index is 675. The molecule has 0 radical (unpaired) electrons. The molecule has 2 aromatic carbocycles. The average Bonchev–Trinajstić information content (AvgIpc) is 2.39. The van der Waals surface area contributed by atoms with E-state index in [-0.39, 0.29) is 5.69 Å². The van der Waals surface area contributed by atoms with Crippen LogP contribution in [-0.2, 0) is 6.42 Å². The highest BCUT2D eigenvalue weighted by molar-refractivity contribution is 5.62. The predicted molar refractivity (Wildman–Crippen MR) is 76.4 cm³/mol. The minimum absolute atomic E-state index is 0.147. The van der Waals surface area contributed by atoms with Gasteiger partial charge in [-0.2, -0.15) is 4.39 Å². The van der Waals surface area contributed by atoms with Gasteiger partial charge in [-0.1, -0.05) is 24.3 Å². The summed E-state index contributed by atoms with van der Waals surface area (Å²) >= 11 is 0. The summed E-state index contributed by atoms with van der Waals surface area (Å²) in [6.07, 6.45) is 0.599. The molecule has 0 aliphatic heterocycles. The molecule has 21 heavy (non-hydrogen) atoms. The molecule has 0 bridgehead atoms. The molecular formula is C15H14F2N2O2. The Morgan fingerprint density at radius 3 is 2.62 bits per heavy atom. The maximum Gasteiger partial charge on any atom is 0.327 e. The van der Waals surface area contributed by atoms with E-state index in [9.17, 15) is 18.9 Å². The molecule has 0 aliphatic carbocycles. The van der Waals surface area contributed by atoms with Gasteiger partial charge in [0.25, 0.3) is 0 Å². The highest BCUT2D eigenvalue weighted by Crippen LogP contribution is 2.28. The summed E-state index contributed by atoms with van der Waals surface area (Å²) in [4.78, 5) is 9.99. The zero-order valence-electron chi connectivity index (χ0n) is 11.4. The standard InChI is InChI=1S/C15H14F2N2O2/c1-10-4-2-3-5-11(10)6-7-18-14-9-12(16)8-13(17)15(14)19(20)21/h2-5,8-9,18H,6-7H2,1H3. The summed E-state index contributed by atoms with van der Waals surface area (Å²) in [5.74, 6) is -2.03. The van der Waals surface area contributed by atoms with Crippen molar-refractivity contribution in [2.75, 3.05) is 11.9 Å². The summed E-state index contributed by atoms with van der Waals surface area (Å²) in [5.41, 5.74) is 1.29. The van der Waals surface area contributed by atoms with Crippen molar-refractivity contribution in [2.45, 2.75) is 13.3 Å². The Morgan fingerprint density at radius 2 is 1.95 bits per heavy atom. The van der Waals surface area contributed by atoms with Gasteiger partial charge in [-0.25, -0.2) is 4.39 Å². The van der Waals surface area contributed by atoms with Gasteiger partial charge in [-0.15, -0.1) is 0 Å². The minimum Gasteiger partial charge on any atom is -0.379 e. The van der Waals surface area contributed by atoms with Crippen molar-refractivity contribution in [3.63, 3.8) is 0 Å². The number of hydrogen-bond donors (Lipinski definition) is 1. The molecule has 2 rings (SSSR count). The third kappa shape index (κ3) is 3.53. The predicted octanol–water partition coefficient (Wildman–Crippen LogP) is 3.84. The van der Waals surface area contributed by atoms with E-state index in [1.54, 1.807) is 0 Å². The van der Waals surface area contributed by atoms with Crippen LogP contribution in [0.4, 0.5) is 20.2 Å². The number of nitro groups is 1. The van der Waals surface area contributed by atoms with E-state index < -0.39 is 22.2 Å². The van der Waals surface area contributed by atoms with Gasteiger partial charge in [-0.05, 0) is 24.5 Å². The fourth-order valence-corrected chi connectivity index (χ4v) is 2.11. The molecule has 2 aromatic rings. The quantitative estimate of drug-likeness (QED) is 0.673. The summed E-state index contributed by atoms with van der Waals surface area (Å²) in [6.45, 7) is 2.30. The maximum absolute atomic E-state index is 13.5. The van der Waals surface area contributed by atoms with Crippen molar-refractivity contribution in [3.8, 4) is 0 Å². The number of nitrogens with one attached hydrogen (secondary N) is 1. The molecule has 0 aliphatic rings. The molecule has 0 amide bonds. The maximum atomic E-state index is 13.5. The lowest BCUT2D eigenvalue weighted by atomic mass is 10.1. The second kappa shape index (κ2) is 6.30. The van der Waals surface area contributed by atoms with Gasteiger partial charge in [0.2, 0.25) is 5.82 Å². The molecule has 4 nitrogen and oxygen atoms in total. The molecule has 0 unspecified atom stereocenters. The number of benzene rings is 2. The molecule has 6 heteroatoms. The topological polar surface area (TPSA) is 55.2 Å². The van der Waals surface area contributed by atoms with Crippen molar-refractivity contribution >= 4 is 11.4 Å². The Labute approximate surface area is 120 Å². The monoisotopic (exact) mass is 292 g/mol. The van der Waals surface area contributed by atoms with Crippen molar-refractivity contribution < 1.29 is 13.7 Å². The van der Waals surface area contributed by atoms with Crippen LogP contribution < -0.4 is 5.32 Å². The molecule has 0 spiro atoms. The Morgan fingerprint density at radius 1 is 1.24 bits per heavy atom. The second-order valence-corrected chi connectivity index (χ2v) is 4.64. The van der Waals surface area contributed by atoms with Gasteiger partial charge in [-0.3, -0.25) is 10.1 Å². The number of nitrogens with zero attached hydrogens (tertiary/aromatic N) is 1. The van der Waals surface area contributed by atoms with Gasteiger partial charge in [0.1, 0.15) is 11.5 Å². The highest BCUT2D eigenvalue weighted by atomic mass is 19.1. The highest BCUT2D eigenvalue weighted by Gasteiger charge is 2.21. The van der Waals surface area contributed by atoms with Crippen LogP contribution in [0.2, 0.25) is 0 Å². The Balaban J connectivity index is 2.13. The van der Waals surface area contributed by atoms with E-state index in [2.05, 4.69) is 5.32 Å². The molecule has 0 saturated carbocycles. The van der Waals surface area contributed by atoms with Crippen LogP contribution in [0.1, 0.15) is 11.1 Å². The van der Waals surface area contributed by atoms with Gasteiger partial charge in [0.15, 0.2) is 0 Å². The zero-order valence-corrected chi connectivity index (χ0v) is 11.4. The number of aryl methyl sites for hydroxylation is 1. The average molecular weight is 292 g/mol. The summed E-state index contributed by atoms with van der Waals surface area (Å²) in [7, 11) is 0. The van der Waals surface area contributed by atoms with E-state index in [0.29, 0.717) is 19.0 Å². The smallest absolute Gasteiger partial charge is 0.327 e. The molecule has 1 N–H and O–H groups in total. The van der Waals surface area contributed by atoms with E-state index in [1.807, 2.05) is 31.2 Å². The van der Waals surface area contributed by atoms with E-state index in [4.69, 9.17) is 0 Å². The van der Waals surface area contributed by atoms with Crippen LogP contribution in [0, 0.1) is 28.7 Å². The first-order valence-electron chi connectivity index (χ1n) is 6.41. The normalized spacial score (nSPS) is 10.4. The van der Waals surface area contributed by atoms with Crippen LogP contribution in [0.3, 0.4) is 0 Å². The van der Waals surface area contributed by atoms with Crippen LogP contribution in [0.25, 0.3) is 0 Å². The van der Waals surface area contributed by atoms with Crippen molar-refractivity contribution in [2.24, 2.45) is 0 Å².